The van der Waals surface area contributed by atoms with Crippen molar-refractivity contribution < 1.29 is 9.66 Å². The minimum atomic E-state index is -0.418. The van der Waals surface area contributed by atoms with Gasteiger partial charge in [0, 0.05) is 37.4 Å². The standard InChI is InChI=1S/C12H17ClN2O3/c1-18-7-3-2-6-14-9-10-8-11(15(16)17)4-5-12(10)13/h4-5,8,14H,2-3,6-7,9H2,1H3. The van der Waals surface area contributed by atoms with Gasteiger partial charge in [-0.05, 0) is 31.0 Å². The fourth-order valence-electron chi connectivity index (χ4n) is 1.53. The highest BCUT2D eigenvalue weighted by Crippen LogP contribution is 2.21. The maximum atomic E-state index is 10.6. The summed E-state index contributed by atoms with van der Waals surface area (Å²) >= 11 is 5.98. The first-order valence-electron chi connectivity index (χ1n) is 5.77. The highest BCUT2D eigenvalue weighted by molar-refractivity contribution is 6.31. The molecule has 1 N–H and O–H groups in total. The van der Waals surface area contributed by atoms with Gasteiger partial charge in [-0.15, -0.1) is 0 Å². The molecule has 0 unspecified atom stereocenters. The lowest BCUT2D eigenvalue weighted by atomic mass is 10.2. The molecule has 0 spiro atoms. The minimum Gasteiger partial charge on any atom is -0.385 e. The summed E-state index contributed by atoms with van der Waals surface area (Å²) in [6.07, 6.45) is 1.99. The molecule has 1 aromatic carbocycles. The first-order chi connectivity index (χ1) is 8.65. The molecule has 0 aliphatic rings. The topological polar surface area (TPSA) is 64.4 Å². The number of ether oxygens (including phenoxy) is 1. The summed E-state index contributed by atoms with van der Waals surface area (Å²) in [7, 11) is 1.68. The molecule has 0 atom stereocenters. The molecule has 0 saturated carbocycles. The van der Waals surface area contributed by atoms with Gasteiger partial charge in [0.2, 0.25) is 0 Å². The van der Waals surface area contributed by atoms with Gasteiger partial charge in [-0.25, -0.2) is 0 Å². The summed E-state index contributed by atoms with van der Waals surface area (Å²) in [6, 6.07) is 4.47. The van der Waals surface area contributed by atoms with Crippen LogP contribution < -0.4 is 5.32 Å². The smallest absolute Gasteiger partial charge is 0.269 e. The van der Waals surface area contributed by atoms with Crippen LogP contribution in [-0.2, 0) is 11.3 Å². The third-order valence-electron chi connectivity index (χ3n) is 2.51. The van der Waals surface area contributed by atoms with E-state index in [0.717, 1.165) is 31.6 Å². The van der Waals surface area contributed by atoms with Crippen molar-refractivity contribution >= 4 is 17.3 Å². The lowest BCUT2D eigenvalue weighted by Gasteiger charge is -2.06. The van der Waals surface area contributed by atoms with E-state index in [0.29, 0.717) is 11.6 Å². The van der Waals surface area contributed by atoms with Gasteiger partial charge >= 0.3 is 0 Å². The van der Waals surface area contributed by atoms with Crippen LogP contribution in [0.2, 0.25) is 5.02 Å². The maximum absolute atomic E-state index is 10.6. The van der Waals surface area contributed by atoms with Crippen molar-refractivity contribution in [3.05, 3.63) is 38.9 Å². The molecule has 6 heteroatoms. The van der Waals surface area contributed by atoms with Gasteiger partial charge in [0.15, 0.2) is 0 Å². The Morgan fingerprint density at radius 1 is 1.44 bits per heavy atom. The molecular weight excluding hydrogens is 256 g/mol. The summed E-state index contributed by atoms with van der Waals surface area (Å²) < 4.78 is 4.94. The van der Waals surface area contributed by atoms with Crippen molar-refractivity contribution in [1.29, 1.82) is 0 Å². The van der Waals surface area contributed by atoms with Crippen LogP contribution in [0.5, 0.6) is 0 Å². The number of nitrogens with one attached hydrogen (secondary N) is 1. The maximum Gasteiger partial charge on any atom is 0.269 e. The second kappa shape index (κ2) is 8.02. The van der Waals surface area contributed by atoms with Gasteiger partial charge < -0.3 is 10.1 Å². The Labute approximate surface area is 111 Å². The van der Waals surface area contributed by atoms with E-state index in [1.807, 2.05) is 0 Å². The van der Waals surface area contributed by atoms with E-state index in [1.165, 1.54) is 12.1 Å². The summed E-state index contributed by atoms with van der Waals surface area (Å²) in [6.45, 7) is 2.12. The summed E-state index contributed by atoms with van der Waals surface area (Å²) in [4.78, 5) is 10.2. The number of hydrogen-bond donors (Lipinski definition) is 1. The van der Waals surface area contributed by atoms with Crippen molar-refractivity contribution in [1.82, 2.24) is 5.32 Å². The van der Waals surface area contributed by atoms with Crippen molar-refractivity contribution in [2.45, 2.75) is 19.4 Å². The molecule has 0 aliphatic heterocycles. The second-order valence-electron chi connectivity index (χ2n) is 3.91. The monoisotopic (exact) mass is 272 g/mol. The predicted octanol–water partition coefficient (Wildman–Crippen LogP) is 2.76. The van der Waals surface area contributed by atoms with E-state index >= 15 is 0 Å². The number of nitro benzene ring substituents is 1. The zero-order chi connectivity index (χ0) is 13.4. The number of methoxy groups -OCH3 is 1. The van der Waals surface area contributed by atoms with Crippen molar-refractivity contribution in [3.8, 4) is 0 Å². The number of nitrogens with zero attached hydrogens (tertiary/aromatic N) is 1. The normalized spacial score (nSPS) is 10.6. The number of rotatable bonds is 8. The van der Waals surface area contributed by atoms with Gasteiger partial charge in [-0.3, -0.25) is 10.1 Å². The van der Waals surface area contributed by atoms with E-state index in [1.54, 1.807) is 13.2 Å². The van der Waals surface area contributed by atoms with Crippen LogP contribution >= 0.6 is 11.6 Å². The molecule has 0 fully saturated rings. The SMILES string of the molecule is COCCCCNCc1cc([N+](=O)[O-])ccc1Cl. The Balaban J connectivity index is 2.41. The fourth-order valence-corrected chi connectivity index (χ4v) is 1.71. The number of unbranched alkanes of at least 4 members (excludes halogenated alkanes) is 1. The molecule has 5 nitrogen and oxygen atoms in total. The second-order valence-corrected chi connectivity index (χ2v) is 4.32. The molecule has 0 aromatic heterocycles. The van der Waals surface area contributed by atoms with Crippen molar-refractivity contribution in [2.75, 3.05) is 20.3 Å². The third-order valence-corrected chi connectivity index (χ3v) is 2.88. The predicted molar refractivity (Wildman–Crippen MR) is 70.9 cm³/mol. The van der Waals surface area contributed by atoms with E-state index < -0.39 is 4.92 Å². The average molecular weight is 273 g/mol. The number of benzene rings is 1. The van der Waals surface area contributed by atoms with E-state index in [9.17, 15) is 10.1 Å². The number of halogens is 1. The molecule has 0 amide bonds. The fraction of sp³-hybridized carbons (Fsp3) is 0.500. The quantitative estimate of drug-likeness (QED) is 0.449. The summed E-state index contributed by atoms with van der Waals surface area (Å²) in [5.74, 6) is 0. The highest BCUT2D eigenvalue weighted by Gasteiger charge is 2.09. The van der Waals surface area contributed by atoms with Crippen LogP contribution in [-0.4, -0.2) is 25.2 Å². The molecule has 100 valence electrons. The minimum absolute atomic E-state index is 0.0654. The Morgan fingerprint density at radius 3 is 2.89 bits per heavy atom. The van der Waals surface area contributed by atoms with Crippen LogP contribution in [0.4, 0.5) is 5.69 Å². The van der Waals surface area contributed by atoms with E-state index in [-0.39, 0.29) is 5.69 Å². The number of hydrogen-bond acceptors (Lipinski definition) is 4. The highest BCUT2D eigenvalue weighted by atomic mass is 35.5. The number of non-ortho nitro benzene ring substituents is 1. The lowest BCUT2D eigenvalue weighted by Crippen LogP contribution is -2.15. The molecule has 0 heterocycles. The zero-order valence-electron chi connectivity index (χ0n) is 10.3. The van der Waals surface area contributed by atoms with Crippen LogP contribution in [0.15, 0.2) is 18.2 Å². The first-order valence-corrected chi connectivity index (χ1v) is 6.15. The van der Waals surface area contributed by atoms with Gasteiger partial charge in [-0.2, -0.15) is 0 Å². The van der Waals surface area contributed by atoms with Crippen molar-refractivity contribution in [3.63, 3.8) is 0 Å². The molecule has 0 aliphatic carbocycles. The molecular formula is C12H17ClN2O3. The summed E-state index contributed by atoms with van der Waals surface area (Å²) in [5.41, 5.74) is 0.813. The lowest BCUT2D eigenvalue weighted by molar-refractivity contribution is -0.384. The van der Waals surface area contributed by atoms with Gasteiger partial charge in [0.1, 0.15) is 0 Å². The van der Waals surface area contributed by atoms with Crippen LogP contribution in [0.1, 0.15) is 18.4 Å². The van der Waals surface area contributed by atoms with Crippen LogP contribution in [0.3, 0.4) is 0 Å². The van der Waals surface area contributed by atoms with E-state index in [4.69, 9.17) is 16.3 Å². The average Bonchev–Trinajstić information content (AvgIpc) is 2.35. The molecule has 0 bridgehead atoms. The van der Waals surface area contributed by atoms with Gasteiger partial charge in [-0.1, -0.05) is 11.6 Å². The third kappa shape index (κ3) is 5.00. The molecule has 18 heavy (non-hydrogen) atoms. The van der Waals surface area contributed by atoms with Crippen LogP contribution in [0, 0.1) is 10.1 Å². The zero-order valence-corrected chi connectivity index (χ0v) is 11.1. The molecule has 0 saturated heterocycles. The van der Waals surface area contributed by atoms with Gasteiger partial charge in [0.25, 0.3) is 5.69 Å². The Kier molecular flexibility index (Phi) is 6.64. The van der Waals surface area contributed by atoms with E-state index in [2.05, 4.69) is 5.32 Å². The molecule has 1 aromatic rings. The van der Waals surface area contributed by atoms with Crippen molar-refractivity contribution in [2.24, 2.45) is 0 Å². The number of nitro groups is 1. The first kappa shape index (κ1) is 14.9. The Hall–Kier alpha value is -1.17. The Bertz CT molecular complexity index is 399. The largest absolute Gasteiger partial charge is 0.385 e. The van der Waals surface area contributed by atoms with Gasteiger partial charge in [0.05, 0.1) is 4.92 Å². The summed E-state index contributed by atoms with van der Waals surface area (Å²) in [5, 5.41) is 14.4. The molecule has 1 rings (SSSR count). The molecule has 0 radical (unpaired) electrons. The Morgan fingerprint density at radius 2 is 2.22 bits per heavy atom. The van der Waals surface area contributed by atoms with Crippen LogP contribution in [0.25, 0.3) is 0 Å².